The molecule has 0 fully saturated rings. The molecular weight excluding hydrogens is 278 g/mol. The van der Waals surface area contributed by atoms with Crippen LogP contribution in [0, 0.1) is 5.92 Å². The van der Waals surface area contributed by atoms with Gasteiger partial charge in [-0.25, -0.2) is 0 Å². The zero-order valence-electron chi connectivity index (χ0n) is 15.2. The maximum absolute atomic E-state index is 2.47. The van der Waals surface area contributed by atoms with Crippen LogP contribution in [0.2, 0.25) is 0 Å². The van der Waals surface area contributed by atoms with Crippen molar-refractivity contribution < 1.29 is 0 Å². The Labute approximate surface area is 141 Å². The van der Waals surface area contributed by atoms with Crippen molar-refractivity contribution in [3.63, 3.8) is 0 Å². The highest BCUT2D eigenvalue weighted by Crippen LogP contribution is 2.37. The topological polar surface area (TPSA) is 4.93 Å². The van der Waals surface area contributed by atoms with Crippen LogP contribution in [-0.2, 0) is 12.5 Å². The summed E-state index contributed by atoms with van der Waals surface area (Å²) in [7, 11) is 2.18. The van der Waals surface area contributed by atoms with Crippen molar-refractivity contribution in [1.29, 1.82) is 0 Å². The van der Waals surface area contributed by atoms with E-state index in [1.54, 1.807) is 5.57 Å². The van der Waals surface area contributed by atoms with Crippen LogP contribution >= 0.6 is 0 Å². The van der Waals surface area contributed by atoms with Crippen LogP contribution in [0.4, 0.5) is 0 Å². The average molecular weight is 307 g/mol. The molecule has 0 bridgehead atoms. The molecule has 0 saturated carbocycles. The van der Waals surface area contributed by atoms with Gasteiger partial charge in [-0.2, -0.15) is 0 Å². The highest BCUT2D eigenvalue weighted by Gasteiger charge is 2.22. The Balaban J connectivity index is 1.98. The molecule has 1 heterocycles. The quantitative estimate of drug-likeness (QED) is 0.636. The summed E-state index contributed by atoms with van der Waals surface area (Å²) in [5, 5.41) is 0. The van der Waals surface area contributed by atoms with Crippen LogP contribution in [0.1, 0.15) is 58.2 Å². The monoisotopic (exact) mass is 307 g/mol. The molecule has 0 saturated heterocycles. The third kappa shape index (κ3) is 3.29. The van der Waals surface area contributed by atoms with Gasteiger partial charge in [-0.1, -0.05) is 62.3 Å². The largest absolute Gasteiger partial charge is 0.350 e. The van der Waals surface area contributed by atoms with E-state index in [2.05, 4.69) is 82.0 Å². The fraction of sp³-hybridized carbons (Fsp3) is 0.455. The molecule has 2 aliphatic rings. The van der Waals surface area contributed by atoms with Crippen LogP contribution < -0.4 is 0 Å². The Bertz CT molecular complexity index is 714. The van der Waals surface area contributed by atoms with Gasteiger partial charge in [0.25, 0.3) is 0 Å². The molecule has 1 aromatic heterocycles. The Kier molecular flexibility index (Phi) is 4.23. The van der Waals surface area contributed by atoms with Crippen LogP contribution in [-0.4, -0.2) is 4.57 Å². The summed E-state index contributed by atoms with van der Waals surface area (Å²) in [5.41, 5.74) is 7.52. The lowest BCUT2D eigenvalue weighted by Gasteiger charge is -2.24. The predicted octanol–water partition coefficient (Wildman–Crippen LogP) is 5.95. The third-order valence-corrected chi connectivity index (χ3v) is 5.18. The summed E-state index contributed by atoms with van der Waals surface area (Å²) in [5.74, 6) is 0.588. The van der Waals surface area contributed by atoms with Crippen molar-refractivity contribution >= 4 is 5.57 Å². The Hall–Kier alpha value is -1.76. The van der Waals surface area contributed by atoms with Crippen molar-refractivity contribution in [3.05, 3.63) is 65.0 Å². The van der Waals surface area contributed by atoms with E-state index in [1.165, 1.54) is 35.2 Å². The van der Waals surface area contributed by atoms with Gasteiger partial charge in [0.15, 0.2) is 0 Å². The zero-order valence-corrected chi connectivity index (χ0v) is 15.2. The SMILES string of the molecule is CC1=C(c2cc(C(C)(C)C)cn2C)C=C(C2C=CC=CC2)CC1. The van der Waals surface area contributed by atoms with Gasteiger partial charge in [-0.3, -0.25) is 0 Å². The first-order chi connectivity index (χ1) is 10.9. The van der Waals surface area contributed by atoms with E-state index < -0.39 is 0 Å². The molecule has 1 atom stereocenters. The van der Waals surface area contributed by atoms with Gasteiger partial charge in [0.2, 0.25) is 0 Å². The lowest BCUT2D eigenvalue weighted by Crippen LogP contribution is -2.09. The molecule has 0 N–H and O–H groups in total. The summed E-state index contributed by atoms with van der Waals surface area (Å²) in [6.45, 7) is 9.15. The van der Waals surface area contributed by atoms with Gasteiger partial charge in [0.05, 0.1) is 0 Å². The maximum Gasteiger partial charge on any atom is 0.0480 e. The number of rotatable bonds is 2. The molecule has 1 aromatic rings. The van der Waals surface area contributed by atoms with E-state index in [9.17, 15) is 0 Å². The van der Waals surface area contributed by atoms with E-state index in [0.29, 0.717) is 5.92 Å². The van der Waals surface area contributed by atoms with E-state index in [4.69, 9.17) is 0 Å². The summed E-state index contributed by atoms with van der Waals surface area (Å²) in [4.78, 5) is 0. The van der Waals surface area contributed by atoms with Crippen molar-refractivity contribution in [3.8, 4) is 0 Å². The fourth-order valence-electron chi connectivity index (χ4n) is 3.53. The zero-order chi connectivity index (χ0) is 16.6. The minimum absolute atomic E-state index is 0.197. The maximum atomic E-state index is 2.47. The molecule has 122 valence electrons. The van der Waals surface area contributed by atoms with Crippen molar-refractivity contribution in [2.45, 2.75) is 52.4 Å². The molecule has 1 nitrogen and oxygen atoms in total. The van der Waals surface area contributed by atoms with E-state index >= 15 is 0 Å². The van der Waals surface area contributed by atoms with Gasteiger partial charge in [0, 0.05) is 24.9 Å². The second-order valence-electron chi connectivity index (χ2n) is 8.04. The molecular formula is C22H29N. The Morgan fingerprint density at radius 3 is 2.52 bits per heavy atom. The van der Waals surface area contributed by atoms with Crippen LogP contribution in [0.3, 0.4) is 0 Å². The number of nitrogens with zero attached hydrogens (tertiary/aromatic N) is 1. The number of aromatic nitrogens is 1. The number of hydrogen-bond donors (Lipinski definition) is 0. The molecule has 23 heavy (non-hydrogen) atoms. The summed E-state index contributed by atoms with van der Waals surface area (Å²) < 4.78 is 2.30. The first-order valence-corrected chi connectivity index (χ1v) is 8.77. The van der Waals surface area contributed by atoms with Crippen molar-refractivity contribution in [2.75, 3.05) is 0 Å². The minimum atomic E-state index is 0.197. The average Bonchev–Trinajstić information content (AvgIpc) is 2.91. The summed E-state index contributed by atoms with van der Waals surface area (Å²) >= 11 is 0. The summed E-state index contributed by atoms with van der Waals surface area (Å²) in [6.07, 6.45) is 17.3. The summed E-state index contributed by atoms with van der Waals surface area (Å²) in [6, 6.07) is 2.38. The molecule has 0 aromatic carbocycles. The molecule has 0 radical (unpaired) electrons. The highest BCUT2D eigenvalue weighted by molar-refractivity contribution is 5.77. The predicted molar refractivity (Wildman–Crippen MR) is 100 cm³/mol. The Morgan fingerprint density at radius 1 is 1.13 bits per heavy atom. The second-order valence-corrected chi connectivity index (χ2v) is 8.04. The van der Waals surface area contributed by atoms with Gasteiger partial charge < -0.3 is 4.57 Å². The number of allylic oxidation sites excluding steroid dienone is 8. The molecule has 2 aliphatic carbocycles. The minimum Gasteiger partial charge on any atom is -0.350 e. The third-order valence-electron chi connectivity index (χ3n) is 5.18. The fourth-order valence-corrected chi connectivity index (χ4v) is 3.53. The molecule has 0 aliphatic heterocycles. The van der Waals surface area contributed by atoms with Gasteiger partial charge >= 0.3 is 0 Å². The van der Waals surface area contributed by atoms with E-state index in [1.807, 2.05) is 0 Å². The molecule has 1 heteroatoms. The second kappa shape index (κ2) is 6.03. The van der Waals surface area contributed by atoms with Crippen LogP contribution in [0.15, 0.2) is 53.8 Å². The van der Waals surface area contributed by atoms with Gasteiger partial charge in [-0.15, -0.1) is 0 Å². The number of aryl methyl sites for hydroxylation is 1. The van der Waals surface area contributed by atoms with Crippen LogP contribution in [0.5, 0.6) is 0 Å². The van der Waals surface area contributed by atoms with Gasteiger partial charge in [0.1, 0.15) is 0 Å². The molecule has 3 rings (SSSR count). The standard InChI is InChI=1S/C22H29N/c1-16-11-12-18(17-9-7-6-8-10-17)13-20(16)21-14-19(15-23(21)5)22(2,3)4/h6-9,13-15,17H,10-12H2,1-5H3. The van der Waals surface area contributed by atoms with E-state index in [-0.39, 0.29) is 5.41 Å². The van der Waals surface area contributed by atoms with Crippen LogP contribution in [0.25, 0.3) is 5.57 Å². The van der Waals surface area contributed by atoms with Crippen molar-refractivity contribution in [1.82, 2.24) is 4.57 Å². The number of hydrogen-bond acceptors (Lipinski definition) is 0. The molecule has 1 unspecified atom stereocenters. The lowest BCUT2D eigenvalue weighted by atomic mass is 9.82. The Morgan fingerprint density at radius 2 is 1.91 bits per heavy atom. The first-order valence-electron chi connectivity index (χ1n) is 8.77. The normalized spacial score (nSPS) is 21.8. The highest BCUT2D eigenvalue weighted by atomic mass is 14.9. The lowest BCUT2D eigenvalue weighted by molar-refractivity contribution is 0.589. The molecule has 0 amide bonds. The van der Waals surface area contributed by atoms with Crippen molar-refractivity contribution in [2.24, 2.45) is 13.0 Å². The smallest absolute Gasteiger partial charge is 0.0480 e. The van der Waals surface area contributed by atoms with E-state index in [0.717, 1.165) is 6.42 Å². The van der Waals surface area contributed by atoms with Gasteiger partial charge in [-0.05, 0) is 48.8 Å². The first kappa shape index (κ1) is 16.1. The molecule has 0 spiro atoms.